The van der Waals surface area contributed by atoms with Crippen LogP contribution in [0.25, 0.3) is 0 Å². The predicted molar refractivity (Wildman–Crippen MR) is 80.4 cm³/mol. The number of benzene rings is 1. The van der Waals surface area contributed by atoms with Crippen LogP contribution in [0.1, 0.15) is 32.8 Å². The first-order valence-corrected chi connectivity index (χ1v) is 7.06. The van der Waals surface area contributed by atoms with Gasteiger partial charge in [0, 0.05) is 10.6 Å². The summed E-state index contributed by atoms with van der Waals surface area (Å²) in [6.45, 7) is 9.67. The monoisotopic (exact) mass is 268 g/mol. The first kappa shape index (κ1) is 15.5. The molecule has 0 saturated carbocycles. The molecular formula is C15H25ClN2. The lowest BCUT2D eigenvalue weighted by Gasteiger charge is -2.20. The highest BCUT2D eigenvalue weighted by Gasteiger charge is 2.06. The van der Waals surface area contributed by atoms with E-state index in [-0.39, 0.29) is 5.54 Å². The Morgan fingerprint density at radius 3 is 2.44 bits per heavy atom. The van der Waals surface area contributed by atoms with E-state index in [0.717, 1.165) is 37.5 Å². The average Bonchev–Trinajstić information content (AvgIpc) is 2.28. The molecule has 0 fully saturated rings. The number of hydrogen-bond acceptors (Lipinski definition) is 2. The van der Waals surface area contributed by atoms with Crippen LogP contribution in [0.3, 0.4) is 0 Å². The van der Waals surface area contributed by atoms with Gasteiger partial charge in [-0.05, 0) is 64.9 Å². The van der Waals surface area contributed by atoms with Gasteiger partial charge in [0.25, 0.3) is 0 Å². The van der Waals surface area contributed by atoms with Crippen molar-refractivity contribution in [3.63, 3.8) is 0 Å². The van der Waals surface area contributed by atoms with Crippen molar-refractivity contribution in [1.82, 2.24) is 10.6 Å². The minimum Gasteiger partial charge on any atom is -0.316 e. The SMILES string of the molecule is CC(C)(C)NCCCNCCc1ccccc1Cl. The quantitative estimate of drug-likeness (QED) is 0.742. The number of nitrogens with one attached hydrogen (secondary N) is 2. The van der Waals surface area contributed by atoms with Crippen molar-refractivity contribution in [2.45, 2.75) is 39.2 Å². The Bertz CT molecular complexity index is 345. The van der Waals surface area contributed by atoms with Gasteiger partial charge in [-0.25, -0.2) is 0 Å². The van der Waals surface area contributed by atoms with Gasteiger partial charge in [-0.15, -0.1) is 0 Å². The standard InChI is InChI=1S/C15H25ClN2/c1-15(2,3)18-11-6-10-17-12-9-13-7-4-5-8-14(13)16/h4-5,7-8,17-18H,6,9-12H2,1-3H3. The van der Waals surface area contributed by atoms with Crippen LogP contribution in [-0.2, 0) is 6.42 Å². The molecule has 3 heteroatoms. The lowest BCUT2D eigenvalue weighted by atomic mass is 10.1. The maximum Gasteiger partial charge on any atom is 0.0438 e. The van der Waals surface area contributed by atoms with Crippen LogP contribution >= 0.6 is 11.6 Å². The molecule has 1 aromatic rings. The molecule has 2 N–H and O–H groups in total. The van der Waals surface area contributed by atoms with Crippen molar-refractivity contribution < 1.29 is 0 Å². The molecule has 0 bridgehead atoms. The summed E-state index contributed by atoms with van der Waals surface area (Å²) in [6, 6.07) is 8.04. The summed E-state index contributed by atoms with van der Waals surface area (Å²) in [7, 11) is 0. The zero-order valence-electron chi connectivity index (χ0n) is 11.7. The van der Waals surface area contributed by atoms with Crippen molar-refractivity contribution in [2.24, 2.45) is 0 Å². The molecule has 102 valence electrons. The number of hydrogen-bond donors (Lipinski definition) is 2. The molecule has 0 aromatic heterocycles. The van der Waals surface area contributed by atoms with Crippen molar-refractivity contribution >= 4 is 11.6 Å². The molecule has 0 aliphatic rings. The molecule has 0 spiro atoms. The second kappa shape index (κ2) is 7.78. The van der Waals surface area contributed by atoms with Gasteiger partial charge in [-0.1, -0.05) is 29.8 Å². The van der Waals surface area contributed by atoms with E-state index in [0.29, 0.717) is 0 Å². The van der Waals surface area contributed by atoms with Crippen LogP contribution in [0, 0.1) is 0 Å². The highest BCUT2D eigenvalue weighted by molar-refractivity contribution is 6.31. The summed E-state index contributed by atoms with van der Waals surface area (Å²) >= 11 is 6.10. The molecule has 0 aliphatic carbocycles. The van der Waals surface area contributed by atoms with E-state index in [1.807, 2.05) is 18.2 Å². The fourth-order valence-corrected chi connectivity index (χ4v) is 1.96. The van der Waals surface area contributed by atoms with Gasteiger partial charge in [-0.3, -0.25) is 0 Å². The number of rotatable bonds is 7. The van der Waals surface area contributed by atoms with E-state index in [1.54, 1.807) is 0 Å². The van der Waals surface area contributed by atoms with Crippen molar-refractivity contribution in [2.75, 3.05) is 19.6 Å². The van der Waals surface area contributed by atoms with Crippen molar-refractivity contribution in [3.05, 3.63) is 34.9 Å². The van der Waals surface area contributed by atoms with E-state index < -0.39 is 0 Å². The summed E-state index contributed by atoms with van der Waals surface area (Å²) in [5.41, 5.74) is 1.44. The van der Waals surface area contributed by atoms with Crippen LogP contribution in [-0.4, -0.2) is 25.2 Å². The fraction of sp³-hybridized carbons (Fsp3) is 0.600. The molecule has 0 atom stereocenters. The van der Waals surface area contributed by atoms with Gasteiger partial charge in [0.15, 0.2) is 0 Å². The van der Waals surface area contributed by atoms with Gasteiger partial charge in [0.05, 0.1) is 0 Å². The van der Waals surface area contributed by atoms with Gasteiger partial charge >= 0.3 is 0 Å². The zero-order chi connectivity index (χ0) is 13.4. The van der Waals surface area contributed by atoms with E-state index >= 15 is 0 Å². The third-order valence-electron chi connectivity index (χ3n) is 2.71. The van der Waals surface area contributed by atoms with Crippen LogP contribution < -0.4 is 10.6 Å². The van der Waals surface area contributed by atoms with Crippen LogP contribution in [0.2, 0.25) is 5.02 Å². The van der Waals surface area contributed by atoms with E-state index in [9.17, 15) is 0 Å². The zero-order valence-corrected chi connectivity index (χ0v) is 12.5. The van der Waals surface area contributed by atoms with Crippen molar-refractivity contribution in [3.8, 4) is 0 Å². The lowest BCUT2D eigenvalue weighted by molar-refractivity contribution is 0.419. The Kier molecular flexibility index (Phi) is 6.69. The van der Waals surface area contributed by atoms with Crippen LogP contribution in [0.4, 0.5) is 0 Å². The minimum absolute atomic E-state index is 0.220. The molecule has 18 heavy (non-hydrogen) atoms. The molecule has 0 amide bonds. The molecule has 0 heterocycles. The van der Waals surface area contributed by atoms with Gasteiger partial charge in [-0.2, -0.15) is 0 Å². The van der Waals surface area contributed by atoms with Gasteiger partial charge < -0.3 is 10.6 Å². The molecular weight excluding hydrogens is 244 g/mol. The predicted octanol–water partition coefficient (Wildman–Crippen LogP) is 3.25. The maximum absolute atomic E-state index is 6.10. The third-order valence-corrected chi connectivity index (χ3v) is 3.08. The summed E-state index contributed by atoms with van der Waals surface area (Å²) in [5, 5.41) is 7.80. The third kappa shape index (κ3) is 7.00. The highest BCUT2D eigenvalue weighted by atomic mass is 35.5. The van der Waals surface area contributed by atoms with E-state index in [4.69, 9.17) is 11.6 Å². The van der Waals surface area contributed by atoms with E-state index in [1.165, 1.54) is 5.56 Å². The Morgan fingerprint density at radius 2 is 1.78 bits per heavy atom. The second-order valence-corrected chi connectivity index (χ2v) is 6.03. The summed E-state index contributed by atoms with van der Waals surface area (Å²) in [6.07, 6.45) is 2.15. The Balaban J connectivity index is 2.04. The Labute approximate surface area is 116 Å². The number of halogens is 1. The normalized spacial score (nSPS) is 11.8. The van der Waals surface area contributed by atoms with Crippen LogP contribution in [0.15, 0.2) is 24.3 Å². The van der Waals surface area contributed by atoms with Gasteiger partial charge in [0.2, 0.25) is 0 Å². The summed E-state index contributed by atoms with van der Waals surface area (Å²) in [5.74, 6) is 0. The fourth-order valence-electron chi connectivity index (χ4n) is 1.73. The minimum atomic E-state index is 0.220. The largest absolute Gasteiger partial charge is 0.316 e. The summed E-state index contributed by atoms with van der Waals surface area (Å²) < 4.78 is 0. The van der Waals surface area contributed by atoms with Gasteiger partial charge in [0.1, 0.15) is 0 Å². The average molecular weight is 269 g/mol. The highest BCUT2D eigenvalue weighted by Crippen LogP contribution is 2.14. The molecule has 1 rings (SSSR count). The van der Waals surface area contributed by atoms with Crippen LogP contribution in [0.5, 0.6) is 0 Å². The molecule has 2 nitrogen and oxygen atoms in total. The molecule has 0 aliphatic heterocycles. The lowest BCUT2D eigenvalue weighted by Crippen LogP contribution is -2.37. The summed E-state index contributed by atoms with van der Waals surface area (Å²) in [4.78, 5) is 0. The Hall–Kier alpha value is -0.570. The molecule has 1 aromatic carbocycles. The van der Waals surface area contributed by atoms with Crippen molar-refractivity contribution in [1.29, 1.82) is 0 Å². The maximum atomic E-state index is 6.10. The topological polar surface area (TPSA) is 24.1 Å². The molecule has 0 unspecified atom stereocenters. The van der Waals surface area contributed by atoms with E-state index in [2.05, 4.69) is 37.5 Å². The molecule has 0 saturated heterocycles. The first-order chi connectivity index (χ1) is 8.49. The first-order valence-electron chi connectivity index (χ1n) is 6.68. The Morgan fingerprint density at radius 1 is 1.06 bits per heavy atom. The molecule has 0 radical (unpaired) electrons. The second-order valence-electron chi connectivity index (χ2n) is 5.62. The smallest absolute Gasteiger partial charge is 0.0438 e.